The molecule has 0 bridgehead atoms. The second-order valence-electron chi connectivity index (χ2n) is 6.62. The van der Waals surface area contributed by atoms with Crippen molar-refractivity contribution >= 4 is 9.84 Å². The summed E-state index contributed by atoms with van der Waals surface area (Å²) in [6.07, 6.45) is 4.68. The lowest BCUT2D eigenvalue weighted by atomic mass is 9.80. The third-order valence-electron chi connectivity index (χ3n) is 4.19. The number of hydrogen-bond donors (Lipinski definition) is 2. The molecule has 0 spiro atoms. The van der Waals surface area contributed by atoms with Crippen LogP contribution < -0.4 is 5.32 Å². The third-order valence-corrected chi connectivity index (χ3v) is 6.80. The van der Waals surface area contributed by atoms with E-state index < -0.39 is 14.6 Å². The highest BCUT2D eigenvalue weighted by Crippen LogP contribution is 2.29. The Labute approximate surface area is 117 Å². The molecule has 1 aliphatic rings. The van der Waals surface area contributed by atoms with Crippen molar-refractivity contribution in [2.24, 2.45) is 11.8 Å². The van der Waals surface area contributed by atoms with E-state index in [0.717, 1.165) is 19.4 Å². The summed E-state index contributed by atoms with van der Waals surface area (Å²) < 4.78 is 23.2. The monoisotopic (exact) mass is 291 g/mol. The number of rotatable bonds is 6. The second kappa shape index (κ2) is 7.04. The maximum absolute atomic E-state index is 11.9. The number of aliphatic hydroxyl groups is 1. The summed E-state index contributed by atoms with van der Waals surface area (Å²) in [6.45, 7) is 6.81. The number of hydrogen-bond acceptors (Lipinski definition) is 4. The van der Waals surface area contributed by atoms with Crippen molar-refractivity contribution in [3.8, 4) is 0 Å². The van der Waals surface area contributed by atoms with Gasteiger partial charge in [0.05, 0.1) is 10.5 Å². The highest BCUT2D eigenvalue weighted by atomic mass is 32.2. The van der Waals surface area contributed by atoms with E-state index in [1.807, 2.05) is 0 Å². The molecule has 1 rings (SSSR count). The molecule has 2 N–H and O–H groups in total. The van der Waals surface area contributed by atoms with Crippen LogP contribution in [0.2, 0.25) is 0 Å². The molecule has 0 aromatic rings. The SMILES string of the molecule is CC(C)(C)S(=O)(=O)CCNCC1CCCCC1CO. The Bertz CT molecular complexity index is 359. The summed E-state index contributed by atoms with van der Waals surface area (Å²) in [5.41, 5.74) is 0. The lowest BCUT2D eigenvalue weighted by Gasteiger charge is -2.30. The van der Waals surface area contributed by atoms with Crippen LogP contribution in [0, 0.1) is 11.8 Å². The predicted octanol–water partition coefficient (Wildman–Crippen LogP) is 1.59. The van der Waals surface area contributed by atoms with Gasteiger partial charge in [-0.1, -0.05) is 12.8 Å². The van der Waals surface area contributed by atoms with Gasteiger partial charge in [-0.05, 0) is 52.0 Å². The summed E-state index contributed by atoms with van der Waals surface area (Å²) in [4.78, 5) is 0. The van der Waals surface area contributed by atoms with E-state index in [9.17, 15) is 13.5 Å². The van der Waals surface area contributed by atoms with Gasteiger partial charge in [-0.25, -0.2) is 8.42 Å². The first kappa shape index (κ1) is 16.9. The summed E-state index contributed by atoms with van der Waals surface area (Å²) in [5.74, 6) is 1.07. The van der Waals surface area contributed by atoms with E-state index >= 15 is 0 Å². The van der Waals surface area contributed by atoms with E-state index in [1.54, 1.807) is 20.8 Å². The normalized spacial score (nSPS) is 25.5. The standard InChI is InChI=1S/C14H29NO3S/c1-14(2,3)19(17,18)9-8-15-10-12-6-4-5-7-13(12)11-16/h12-13,15-16H,4-11H2,1-3H3. The molecule has 0 heterocycles. The minimum atomic E-state index is -3.03. The molecule has 2 unspecified atom stereocenters. The molecular formula is C14H29NO3S. The Morgan fingerprint density at radius 3 is 2.26 bits per heavy atom. The van der Waals surface area contributed by atoms with Crippen LogP contribution in [0.3, 0.4) is 0 Å². The van der Waals surface area contributed by atoms with Crippen LogP contribution in [0.1, 0.15) is 46.5 Å². The van der Waals surface area contributed by atoms with Gasteiger partial charge in [0, 0.05) is 13.2 Å². The number of sulfone groups is 1. The average Bonchev–Trinajstić information content (AvgIpc) is 2.33. The Hall–Kier alpha value is -0.130. The van der Waals surface area contributed by atoms with Crippen LogP contribution in [0.25, 0.3) is 0 Å². The third kappa shape index (κ3) is 5.04. The van der Waals surface area contributed by atoms with Gasteiger partial charge in [0.1, 0.15) is 0 Å². The topological polar surface area (TPSA) is 66.4 Å². The van der Waals surface area contributed by atoms with Crippen molar-refractivity contribution in [1.29, 1.82) is 0 Å². The van der Waals surface area contributed by atoms with Crippen LogP contribution in [0.4, 0.5) is 0 Å². The van der Waals surface area contributed by atoms with E-state index in [-0.39, 0.29) is 12.4 Å². The summed E-state index contributed by atoms with van der Waals surface area (Å²) in [7, 11) is -3.03. The zero-order valence-corrected chi connectivity index (χ0v) is 13.3. The fourth-order valence-electron chi connectivity index (χ4n) is 2.59. The number of aliphatic hydroxyl groups excluding tert-OH is 1. The highest BCUT2D eigenvalue weighted by molar-refractivity contribution is 7.92. The summed E-state index contributed by atoms with van der Waals surface area (Å²) in [5, 5.41) is 12.6. The van der Waals surface area contributed by atoms with Crippen molar-refractivity contribution < 1.29 is 13.5 Å². The maximum Gasteiger partial charge on any atom is 0.156 e. The molecule has 5 heteroatoms. The second-order valence-corrected chi connectivity index (χ2v) is 9.49. The van der Waals surface area contributed by atoms with Crippen molar-refractivity contribution in [1.82, 2.24) is 5.32 Å². The van der Waals surface area contributed by atoms with E-state index in [4.69, 9.17) is 0 Å². The highest BCUT2D eigenvalue weighted by Gasteiger charge is 2.28. The van der Waals surface area contributed by atoms with Crippen LogP contribution in [0.15, 0.2) is 0 Å². The van der Waals surface area contributed by atoms with Gasteiger partial charge in [0.2, 0.25) is 0 Å². The molecule has 0 aliphatic heterocycles. The first-order valence-electron chi connectivity index (χ1n) is 7.32. The van der Waals surface area contributed by atoms with Gasteiger partial charge >= 0.3 is 0 Å². The molecule has 114 valence electrons. The molecule has 0 amide bonds. The Balaban J connectivity index is 2.31. The fraction of sp³-hybridized carbons (Fsp3) is 1.00. The van der Waals surface area contributed by atoms with E-state index in [1.165, 1.54) is 12.8 Å². The van der Waals surface area contributed by atoms with Gasteiger partial charge in [0.15, 0.2) is 9.84 Å². The first-order chi connectivity index (χ1) is 8.78. The minimum Gasteiger partial charge on any atom is -0.396 e. The zero-order valence-electron chi connectivity index (χ0n) is 12.5. The van der Waals surface area contributed by atoms with E-state index in [0.29, 0.717) is 18.4 Å². The first-order valence-corrected chi connectivity index (χ1v) is 8.97. The molecule has 0 saturated heterocycles. The van der Waals surface area contributed by atoms with Gasteiger partial charge in [-0.2, -0.15) is 0 Å². The molecule has 19 heavy (non-hydrogen) atoms. The molecule has 4 nitrogen and oxygen atoms in total. The zero-order chi connectivity index (χ0) is 14.5. The molecule has 0 aromatic heterocycles. The van der Waals surface area contributed by atoms with Crippen LogP contribution in [-0.4, -0.2) is 43.7 Å². The largest absolute Gasteiger partial charge is 0.396 e. The number of nitrogens with one attached hydrogen (secondary N) is 1. The van der Waals surface area contributed by atoms with Crippen LogP contribution in [0.5, 0.6) is 0 Å². The van der Waals surface area contributed by atoms with Gasteiger partial charge in [-0.3, -0.25) is 0 Å². The lowest BCUT2D eigenvalue weighted by Crippen LogP contribution is -2.37. The van der Waals surface area contributed by atoms with Crippen LogP contribution >= 0.6 is 0 Å². The van der Waals surface area contributed by atoms with Crippen molar-refractivity contribution in [3.05, 3.63) is 0 Å². The molecule has 1 fully saturated rings. The lowest BCUT2D eigenvalue weighted by molar-refractivity contribution is 0.133. The molecule has 1 saturated carbocycles. The minimum absolute atomic E-state index is 0.188. The van der Waals surface area contributed by atoms with Crippen LogP contribution in [-0.2, 0) is 9.84 Å². The van der Waals surface area contributed by atoms with Gasteiger partial charge in [-0.15, -0.1) is 0 Å². The molecule has 0 radical (unpaired) electrons. The Morgan fingerprint density at radius 1 is 1.16 bits per heavy atom. The van der Waals surface area contributed by atoms with Crippen molar-refractivity contribution in [2.75, 3.05) is 25.4 Å². The van der Waals surface area contributed by atoms with Crippen molar-refractivity contribution in [2.45, 2.75) is 51.2 Å². The van der Waals surface area contributed by atoms with Gasteiger partial charge < -0.3 is 10.4 Å². The smallest absolute Gasteiger partial charge is 0.156 e. The molecule has 1 aliphatic carbocycles. The molecular weight excluding hydrogens is 262 g/mol. The quantitative estimate of drug-likeness (QED) is 0.729. The average molecular weight is 291 g/mol. The van der Waals surface area contributed by atoms with Gasteiger partial charge in [0.25, 0.3) is 0 Å². The predicted molar refractivity (Wildman–Crippen MR) is 78.9 cm³/mol. The molecule has 0 aromatic carbocycles. The molecule has 2 atom stereocenters. The summed E-state index contributed by atoms with van der Waals surface area (Å²) >= 11 is 0. The maximum atomic E-state index is 11.9. The Morgan fingerprint density at radius 2 is 1.74 bits per heavy atom. The van der Waals surface area contributed by atoms with E-state index in [2.05, 4.69) is 5.32 Å². The Kier molecular flexibility index (Phi) is 6.27. The van der Waals surface area contributed by atoms with Crippen molar-refractivity contribution in [3.63, 3.8) is 0 Å². The summed E-state index contributed by atoms with van der Waals surface area (Å²) in [6, 6.07) is 0. The fourth-order valence-corrected chi connectivity index (χ4v) is 3.62.